The van der Waals surface area contributed by atoms with Crippen molar-refractivity contribution in [1.82, 2.24) is 9.97 Å². The van der Waals surface area contributed by atoms with Crippen LogP contribution in [0.15, 0.2) is 6.07 Å². The largest absolute Gasteiger partial charge is 0.451 e. The lowest BCUT2D eigenvalue weighted by atomic mass is 10.3. The molecule has 0 unspecified atom stereocenters. The summed E-state index contributed by atoms with van der Waals surface area (Å²) < 4.78 is 72.5. The molecule has 0 aliphatic carbocycles. The molecule has 0 saturated heterocycles. The average molecular weight is 244 g/mol. The summed E-state index contributed by atoms with van der Waals surface area (Å²) in [5.74, 6) is -2.00. The molecule has 0 amide bonds. The number of rotatable bonds is 1. The molecule has 0 fully saturated rings. The highest BCUT2D eigenvalue weighted by Crippen LogP contribution is 2.31. The first-order valence-electron chi connectivity index (χ1n) is 3.63. The van der Waals surface area contributed by atoms with Crippen molar-refractivity contribution in [2.75, 3.05) is 0 Å². The third-order valence-electron chi connectivity index (χ3n) is 1.41. The Balaban J connectivity index is 3.39. The number of aromatic nitrogens is 2. The highest BCUT2D eigenvalue weighted by Gasteiger charge is 2.40. The number of nitrogens with zero attached hydrogens (tertiary/aromatic N) is 2. The van der Waals surface area contributed by atoms with E-state index in [1.165, 1.54) is 0 Å². The Morgan fingerprint density at radius 1 is 1.00 bits per heavy atom. The number of halogens is 6. The minimum atomic E-state index is -5.14. The minimum absolute atomic E-state index is 0.141. The second-order valence-electron chi connectivity index (χ2n) is 2.62. The maximum Gasteiger partial charge on any atom is 0.451 e. The predicted octanol–water partition coefficient (Wildman–Crippen LogP) is 2.33. The summed E-state index contributed by atoms with van der Waals surface area (Å²) >= 11 is 0. The van der Waals surface area contributed by atoms with Gasteiger partial charge in [-0.25, -0.2) is 9.97 Å². The van der Waals surface area contributed by atoms with Crippen LogP contribution in [0, 0.1) is 0 Å². The Morgan fingerprint density at radius 3 is 1.94 bits per heavy atom. The fraction of sp³-hybridized carbons (Fsp3) is 0.286. The van der Waals surface area contributed by atoms with Crippen LogP contribution >= 0.6 is 0 Å². The quantitative estimate of drug-likeness (QED) is 0.562. The predicted molar refractivity (Wildman–Crippen MR) is 37.4 cm³/mol. The molecule has 0 aliphatic heterocycles. The van der Waals surface area contributed by atoms with Gasteiger partial charge in [-0.3, -0.25) is 4.79 Å². The summed E-state index contributed by atoms with van der Waals surface area (Å²) in [4.78, 5) is 15.1. The van der Waals surface area contributed by atoms with E-state index in [1.54, 1.807) is 0 Å². The summed E-state index contributed by atoms with van der Waals surface area (Å²) in [5.41, 5.74) is -2.79. The number of hydrogen-bond donors (Lipinski definition) is 0. The van der Waals surface area contributed by atoms with Crippen molar-refractivity contribution in [3.8, 4) is 0 Å². The van der Waals surface area contributed by atoms with E-state index in [1.807, 2.05) is 0 Å². The van der Waals surface area contributed by atoms with E-state index < -0.39 is 29.6 Å². The second kappa shape index (κ2) is 3.72. The van der Waals surface area contributed by atoms with Crippen LogP contribution in [-0.2, 0) is 12.4 Å². The Hall–Kier alpha value is -1.67. The van der Waals surface area contributed by atoms with Crippen molar-refractivity contribution >= 4 is 6.29 Å². The lowest BCUT2D eigenvalue weighted by molar-refractivity contribution is -0.152. The van der Waals surface area contributed by atoms with Gasteiger partial charge in [0.05, 0.1) is 0 Å². The molecule has 0 spiro atoms. The molecule has 0 aliphatic rings. The van der Waals surface area contributed by atoms with E-state index in [2.05, 4.69) is 9.97 Å². The van der Waals surface area contributed by atoms with Crippen LogP contribution in [0.4, 0.5) is 26.3 Å². The summed E-state index contributed by atoms with van der Waals surface area (Å²) in [7, 11) is 0. The molecule has 16 heavy (non-hydrogen) atoms. The average Bonchev–Trinajstić information content (AvgIpc) is 2.14. The number of alkyl halides is 6. The second-order valence-corrected chi connectivity index (χ2v) is 2.62. The van der Waals surface area contributed by atoms with Gasteiger partial charge in [-0.1, -0.05) is 0 Å². The van der Waals surface area contributed by atoms with E-state index in [9.17, 15) is 31.1 Å². The molecule has 88 valence electrons. The third-order valence-corrected chi connectivity index (χ3v) is 1.41. The molecular formula is C7H2F6N2O. The van der Waals surface area contributed by atoms with Gasteiger partial charge in [-0.05, 0) is 6.07 Å². The van der Waals surface area contributed by atoms with Gasteiger partial charge in [-0.15, -0.1) is 0 Å². The van der Waals surface area contributed by atoms with Gasteiger partial charge in [0, 0.05) is 0 Å². The van der Waals surface area contributed by atoms with Crippen LogP contribution in [0.3, 0.4) is 0 Å². The molecule has 9 heteroatoms. The number of aldehydes is 1. The van der Waals surface area contributed by atoms with Gasteiger partial charge in [0.2, 0.25) is 5.82 Å². The molecule has 0 saturated carbocycles. The fourth-order valence-electron chi connectivity index (χ4n) is 0.798. The van der Waals surface area contributed by atoms with E-state index in [0.717, 1.165) is 0 Å². The fourth-order valence-corrected chi connectivity index (χ4v) is 0.798. The van der Waals surface area contributed by atoms with Crippen molar-refractivity contribution in [2.24, 2.45) is 0 Å². The smallest absolute Gasteiger partial charge is 0.296 e. The van der Waals surface area contributed by atoms with E-state index in [4.69, 9.17) is 0 Å². The van der Waals surface area contributed by atoms with Crippen molar-refractivity contribution < 1.29 is 31.1 Å². The van der Waals surface area contributed by atoms with Crippen LogP contribution < -0.4 is 0 Å². The van der Waals surface area contributed by atoms with Gasteiger partial charge in [0.25, 0.3) is 0 Å². The molecular weight excluding hydrogens is 242 g/mol. The topological polar surface area (TPSA) is 42.9 Å². The van der Waals surface area contributed by atoms with Gasteiger partial charge < -0.3 is 0 Å². The molecule has 1 heterocycles. The van der Waals surface area contributed by atoms with Gasteiger partial charge in [-0.2, -0.15) is 26.3 Å². The summed E-state index contributed by atoms with van der Waals surface area (Å²) in [6.45, 7) is 0. The molecule has 1 aromatic heterocycles. The summed E-state index contributed by atoms with van der Waals surface area (Å²) in [6, 6.07) is 0.141. The number of carbonyl (C=O) groups excluding carboxylic acids is 1. The zero-order valence-corrected chi connectivity index (χ0v) is 7.23. The van der Waals surface area contributed by atoms with Crippen molar-refractivity contribution in [3.05, 3.63) is 23.3 Å². The maximum absolute atomic E-state index is 12.1. The standard InChI is InChI=1S/C7H2F6N2O/c8-6(9,10)4-1-3(2-16)14-5(15-4)7(11,12)13/h1-2H. The van der Waals surface area contributed by atoms with Gasteiger partial charge >= 0.3 is 12.4 Å². The van der Waals surface area contributed by atoms with Crippen LogP contribution in [0.25, 0.3) is 0 Å². The van der Waals surface area contributed by atoms with E-state index in [-0.39, 0.29) is 12.4 Å². The lowest BCUT2D eigenvalue weighted by Crippen LogP contribution is -2.18. The Morgan fingerprint density at radius 2 is 1.56 bits per heavy atom. The molecule has 1 aromatic rings. The van der Waals surface area contributed by atoms with E-state index >= 15 is 0 Å². The molecule has 1 rings (SSSR count). The number of carbonyl (C=O) groups is 1. The SMILES string of the molecule is O=Cc1cc(C(F)(F)F)nc(C(F)(F)F)n1. The molecule has 3 nitrogen and oxygen atoms in total. The van der Waals surface area contributed by atoms with Crippen LogP contribution in [0.2, 0.25) is 0 Å². The molecule has 0 atom stereocenters. The molecule has 0 N–H and O–H groups in total. The van der Waals surface area contributed by atoms with Gasteiger partial charge in [0.15, 0.2) is 6.29 Å². The van der Waals surface area contributed by atoms with Gasteiger partial charge in [0.1, 0.15) is 11.4 Å². The van der Waals surface area contributed by atoms with Crippen LogP contribution in [0.5, 0.6) is 0 Å². The molecule has 0 bridgehead atoms. The Labute approximate surface area is 84.1 Å². The van der Waals surface area contributed by atoms with Crippen molar-refractivity contribution in [2.45, 2.75) is 12.4 Å². The first-order valence-corrected chi connectivity index (χ1v) is 3.63. The lowest BCUT2D eigenvalue weighted by Gasteiger charge is -2.09. The van der Waals surface area contributed by atoms with Crippen molar-refractivity contribution in [3.63, 3.8) is 0 Å². The Bertz CT molecular complexity index is 378. The summed E-state index contributed by atoms with van der Waals surface area (Å²) in [5, 5.41) is 0. The van der Waals surface area contributed by atoms with Crippen molar-refractivity contribution in [1.29, 1.82) is 0 Å². The van der Waals surface area contributed by atoms with Crippen LogP contribution in [0.1, 0.15) is 22.0 Å². The Kier molecular flexibility index (Phi) is 2.89. The summed E-state index contributed by atoms with van der Waals surface area (Å²) in [6.07, 6.45) is -10.4. The molecule has 0 radical (unpaired) electrons. The minimum Gasteiger partial charge on any atom is -0.296 e. The van der Waals surface area contributed by atoms with E-state index in [0.29, 0.717) is 0 Å². The maximum atomic E-state index is 12.1. The zero-order chi connectivity index (χ0) is 12.6. The highest BCUT2D eigenvalue weighted by atomic mass is 19.4. The highest BCUT2D eigenvalue weighted by molar-refractivity contribution is 5.71. The zero-order valence-electron chi connectivity index (χ0n) is 7.23. The normalized spacial score (nSPS) is 12.6. The number of hydrogen-bond acceptors (Lipinski definition) is 3. The monoisotopic (exact) mass is 244 g/mol. The first-order chi connectivity index (χ1) is 7.14. The first kappa shape index (κ1) is 12.4. The molecule has 0 aromatic carbocycles. The third kappa shape index (κ3) is 2.67. The van der Waals surface area contributed by atoms with Crippen LogP contribution in [-0.4, -0.2) is 16.3 Å².